The number of rotatable bonds is 72. The number of aliphatic hydroxyl groups excluding tert-OH is 1. The number of phosphoric acid groups is 2. The Morgan fingerprint density at radius 2 is 0.554 bits per heavy atom. The van der Waals surface area contributed by atoms with Crippen molar-refractivity contribution in [2.24, 2.45) is 11.8 Å². The smallest absolute Gasteiger partial charge is 0.462 e. The van der Waals surface area contributed by atoms with E-state index in [1.165, 1.54) is 173 Å². The number of carbonyl (C=O) groups is 4. The highest BCUT2D eigenvalue weighted by Crippen LogP contribution is 2.45. The molecule has 0 saturated carbocycles. The number of esters is 4. The van der Waals surface area contributed by atoms with Gasteiger partial charge in [-0.15, -0.1) is 0 Å². The topological polar surface area (TPSA) is 237 Å². The second-order valence-electron chi connectivity index (χ2n) is 27.1. The Balaban J connectivity index is 5.12. The average Bonchev–Trinajstić information content (AvgIpc) is 1.75. The van der Waals surface area contributed by atoms with E-state index in [-0.39, 0.29) is 25.7 Å². The lowest BCUT2D eigenvalue weighted by Gasteiger charge is -2.21. The molecule has 0 aromatic rings. The number of hydrogen-bond donors (Lipinski definition) is 3. The predicted molar refractivity (Wildman–Crippen MR) is 372 cm³/mol. The fraction of sp³-hybridized carbons (Fsp3) is 0.945. The SMILES string of the molecule is CCCCCCCCCCC(=O)O[C@H](COC(=O)CCCCCCCCC)COP(=O)(O)OC[C@H](O)COP(=O)(O)OC[C@@H](COC(=O)CCCCCCCCCCCCCCC(C)C)OC(=O)CCCCCCCCCCCCCCCCCCCCC(C)CC. The lowest BCUT2D eigenvalue weighted by atomic mass is 9.99. The van der Waals surface area contributed by atoms with E-state index in [1.807, 2.05) is 0 Å². The molecule has 92 heavy (non-hydrogen) atoms. The summed E-state index contributed by atoms with van der Waals surface area (Å²) in [6.45, 7) is 9.58. The van der Waals surface area contributed by atoms with Crippen LogP contribution in [0.5, 0.6) is 0 Å². The first-order chi connectivity index (χ1) is 44.4. The zero-order chi connectivity index (χ0) is 67.9. The van der Waals surface area contributed by atoms with E-state index in [0.717, 1.165) is 121 Å². The maximum absolute atomic E-state index is 13.1. The minimum atomic E-state index is -4.95. The van der Waals surface area contributed by atoms with Crippen molar-refractivity contribution in [1.29, 1.82) is 0 Å². The molecule has 0 spiro atoms. The van der Waals surface area contributed by atoms with E-state index in [1.54, 1.807) is 0 Å². The van der Waals surface area contributed by atoms with Crippen LogP contribution in [-0.4, -0.2) is 96.7 Å². The minimum Gasteiger partial charge on any atom is -0.462 e. The third-order valence-electron chi connectivity index (χ3n) is 17.3. The minimum absolute atomic E-state index is 0.105. The van der Waals surface area contributed by atoms with Gasteiger partial charge >= 0.3 is 39.5 Å². The summed E-state index contributed by atoms with van der Waals surface area (Å²) in [4.78, 5) is 72.4. The van der Waals surface area contributed by atoms with Gasteiger partial charge in [0.2, 0.25) is 0 Å². The molecular formula is C73H142O17P2. The Morgan fingerprint density at radius 1 is 0.315 bits per heavy atom. The first kappa shape index (κ1) is 90.1. The lowest BCUT2D eigenvalue weighted by molar-refractivity contribution is -0.161. The Bertz CT molecular complexity index is 1790. The van der Waals surface area contributed by atoms with Crippen LogP contribution in [0.1, 0.15) is 375 Å². The van der Waals surface area contributed by atoms with Crippen LogP contribution in [0.25, 0.3) is 0 Å². The molecule has 3 N–H and O–H groups in total. The van der Waals surface area contributed by atoms with Crippen LogP contribution in [0.4, 0.5) is 0 Å². The highest BCUT2D eigenvalue weighted by molar-refractivity contribution is 7.47. The number of aliphatic hydroxyl groups is 1. The standard InChI is InChI=1S/C73H142O17P2/c1-7-10-12-14-16-38-45-51-57-72(77)89-68(61-83-70(75)55-49-43-35-15-13-11-8-2)63-87-91(79,80)85-59-67(74)60-86-92(81,82)88-64-69(62-84-71(76)56-50-44-39-33-29-26-25-27-31-36-41-47-53-65(4)5)90-73(78)58-52-46-40-34-30-24-22-20-18-17-19-21-23-28-32-37-42-48-54-66(6)9-3/h65-69,74H,7-64H2,1-6H3,(H,79,80)(H,81,82)/t66?,67-,68+,69+/m0/s1. The van der Waals surface area contributed by atoms with Crippen molar-refractivity contribution in [3.8, 4) is 0 Å². The lowest BCUT2D eigenvalue weighted by Crippen LogP contribution is -2.30. The maximum atomic E-state index is 13.1. The zero-order valence-electron chi connectivity index (χ0n) is 59.9. The maximum Gasteiger partial charge on any atom is 0.472 e. The van der Waals surface area contributed by atoms with Gasteiger partial charge in [0.15, 0.2) is 12.2 Å². The Labute approximate surface area is 562 Å². The molecule has 0 aromatic carbocycles. The van der Waals surface area contributed by atoms with Crippen molar-refractivity contribution in [3.05, 3.63) is 0 Å². The van der Waals surface area contributed by atoms with Crippen LogP contribution in [0.3, 0.4) is 0 Å². The van der Waals surface area contributed by atoms with E-state index in [9.17, 15) is 43.2 Å². The van der Waals surface area contributed by atoms with Gasteiger partial charge in [-0.2, -0.15) is 0 Å². The Hall–Kier alpha value is -1.94. The van der Waals surface area contributed by atoms with E-state index >= 15 is 0 Å². The van der Waals surface area contributed by atoms with Gasteiger partial charge in [0, 0.05) is 25.7 Å². The van der Waals surface area contributed by atoms with Gasteiger partial charge in [-0.1, -0.05) is 324 Å². The van der Waals surface area contributed by atoms with E-state index in [2.05, 4.69) is 41.5 Å². The van der Waals surface area contributed by atoms with Crippen LogP contribution >= 0.6 is 15.6 Å². The fourth-order valence-corrected chi connectivity index (χ4v) is 12.7. The molecule has 0 aliphatic rings. The van der Waals surface area contributed by atoms with Gasteiger partial charge in [0.05, 0.1) is 26.4 Å². The summed E-state index contributed by atoms with van der Waals surface area (Å²) in [5.74, 6) is -0.475. The molecule has 0 amide bonds. The molecule has 17 nitrogen and oxygen atoms in total. The third kappa shape index (κ3) is 65.4. The van der Waals surface area contributed by atoms with Crippen molar-refractivity contribution in [3.63, 3.8) is 0 Å². The summed E-state index contributed by atoms with van der Waals surface area (Å²) in [6.07, 6.45) is 51.6. The monoisotopic (exact) mass is 1350 g/mol. The van der Waals surface area contributed by atoms with Gasteiger partial charge in [0.1, 0.15) is 19.3 Å². The highest BCUT2D eigenvalue weighted by Gasteiger charge is 2.30. The highest BCUT2D eigenvalue weighted by atomic mass is 31.2. The molecule has 0 heterocycles. The van der Waals surface area contributed by atoms with Crippen LogP contribution in [-0.2, 0) is 65.4 Å². The number of unbranched alkanes of at least 4 members (excludes halogenated alkanes) is 41. The van der Waals surface area contributed by atoms with Crippen LogP contribution < -0.4 is 0 Å². The van der Waals surface area contributed by atoms with Crippen molar-refractivity contribution in [2.45, 2.75) is 394 Å². The van der Waals surface area contributed by atoms with Gasteiger partial charge in [-0.3, -0.25) is 37.3 Å². The van der Waals surface area contributed by atoms with Gasteiger partial charge < -0.3 is 33.8 Å². The Morgan fingerprint density at radius 3 is 0.826 bits per heavy atom. The summed E-state index contributed by atoms with van der Waals surface area (Å²) >= 11 is 0. The second-order valence-corrected chi connectivity index (χ2v) is 30.0. The quantitative estimate of drug-likeness (QED) is 0.0222. The molecule has 0 bridgehead atoms. The van der Waals surface area contributed by atoms with Crippen molar-refractivity contribution < 1.29 is 80.2 Å². The van der Waals surface area contributed by atoms with Crippen molar-refractivity contribution in [1.82, 2.24) is 0 Å². The van der Waals surface area contributed by atoms with Gasteiger partial charge in [0.25, 0.3) is 0 Å². The molecule has 19 heteroatoms. The summed E-state index contributed by atoms with van der Waals surface area (Å²) in [6, 6.07) is 0. The van der Waals surface area contributed by atoms with E-state index in [4.69, 9.17) is 37.0 Å². The van der Waals surface area contributed by atoms with E-state index < -0.39 is 97.5 Å². The molecule has 546 valence electrons. The van der Waals surface area contributed by atoms with Crippen molar-refractivity contribution in [2.75, 3.05) is 39.6 Å². The zero-order valence-corrected chi connectivity index (χ0v) is 61.6. The molecule has 0 fully saturated rings. The molecule has 0 aliphatic carbocycles. The molecule has 0 aliphatic heterocycles. The number of hydrogen-bond acceptors (Lipinski definition) is 15. The normalized spacial score (nSPS) is 14.4. The summed E-state index contributed by atoms with van der Waals surface area (Å²) in [7, 11) is -9.89. The molecule has 0 aromatic heterocycles. The van der Waals surface area contributed by atoms with Crippen LogP contribution in [0.15, 0.2) is 0 Å². The third-order valence-corrected chi connectivity index (χ3v) is 19.2. The van der Waals surface area contributed by atoms with E-state index in [0.29, 0.717) is 25.7 Å². The summed E-state index contributed by atoms with van der Waals surface area (Å²) in [5, 5.41) is 10.6. The molecular weight excluding hydrogens is 1210 g/mol. The first-order valence-electron chi connectivity index (χ1n) is 38.0. The average molecular weight is 1350 g/mol. The van der Waals surface area contributed by atoms with Crippen LogP contribution in [0, 0.1) is 11.8 Å². The molecule has 0 rings (SSSR count). The Kier molecular flexibility index (Phi) is 63.7. The second kappa shape index (κ2) is 65.0. The molecule has 0 radical (unpaired) electrons. The first-order valence-corrected chi connectivity index (χ1v) is 41.0. The van der Waals surface area contributed by atoms with Gasteiger partial charge in [-0.05, 0) is 37.5 Å². The van der Waals surface area contributed by atoms with Gasteiger partial charge in [-0.25, -0.2) is 9.13 Å². The number of phosphoric ester groups is 2. The largest absolute Gasteiger partial charge is 0.472 e. The molecule has 0 saturated heterocycles. The number of ether oxygens (including phenoxy) is 4. The predicted octanol–water partition coefficient (Wildman–Crippen LogP) is 21.2. The summed E-state index contributed by atoms with van der Waals surface area (Å²) in [5.41, 5.74) is 0. The number of carbonyl (C=O) groups excluding carboxylic acids is 4. The molecule has 3 unspecified atom stereocenters. The van der Waals surface area contributed by atoms with Crippen LogP contribution in [0.2, 0.25) is 0 Å². The fourth-order valence-electron chi connectivity index (χ4n) is 11.1. The summed E-state index contributed by atoms with van der Waals surface area (Å²) < 4.78 is 68.2. The van der Waals surface area contributed by atoms with Crippen molar-refractivity contribution >= 4 is 39.5 Å². The molecule has 6 atom stereocenters.